The molecule has 0 aromatic carbocycles. The lowest BCUT2D eigenvalue weighted by molar-refractivity contribution is 0.102. The number of nitrogens with zero attached hydrogens (tertiary/aromatic N) is 4. The van der Waals surface area contributed by atoms with Crippen LogP contribution < -0.4 is 10.6 Å². The van der Waals surface area contributed by atoms with E-state index >= 15 is 0 Å². The molecule has 0 aliphatic heterocycles. The van der Waals surface area contributed by atoms with Gasteiger partial charge in [0.05, 0.1) is 16.9 Å². The lowest BCUT2D eigenvalue weighted by Gasteiger charge is -2.06. The first-order valence-corrected chi connectivity index (χ1v) is 7.69. The molecule has 0 unspecified atom stereocenters. The van der Waals surface area contributed by atoms with E-state index in [-0.39, 0.29) is 5.91 Å². The van der Waals surface area contributed by atoms with Gasteiger partial charge in [0.25, 0.3) is 5.91 Å². The molecule has 2 N–H and O–H groups in total. The topological polar surface area (TPSA) is 92.7 Å². The molecule has 0 aliphatic carbocycles. The fourth-order valence-electron chi connectivity index (χ4n) is 1.93. The number of aromatic nitrogens is 4. The van der Waals surface area contributed by atoms with Gasteiger partial charge in [0.2, 0.25) is 0 Å². The number of carbonyl (C=O) groups is 1. The summed E-state index contributed by atoms with van der Waals surface area (Å²) in [6.07, 6.45) is 4.97. The van der Waals surface area contributed by atoms with E-state index in [0.29, 0.717) is 22.3 Å². The van der Waals surface area contributed by atoms with Crippen molar-refractivity contribution in [3.63, 3.8) is 0 Å². The average Bonchev–Trinajstić information content (AvgIpc) is 2.89. The van der Waals surface area contributed by atoms with E-state index in [1.807, 2.05) is 19.1 Å². The predicted molar refractivity (Wildman–Crippen MR) is 89.1 cm³/mol. The minimum atomic E-state index is -0.321. The molecule has 0 bridgehead atoms. The second-order valence-corrected chi connectivity index (χ2v) is 5.92. The molecule has 116 valence electrons. The summed E-state index contributed by atoms with van der Waals surface area (Å²) in [5.74, 6) is 0.713. The molecule has 0 radical (unpaired) electrons. The molecule has 0 saturated heterocycles. The van der Waals surface area contributed by atoms with Crippen LogP contribution in [0.2, 0.25) is 0 Å². The monoisotopic (exact) mass is 326 g/mol. The molecule has 7 nitrogen and oxygen atoms in total. The number of thiazole rings is 1. The minimum absolute atomic E-state index is 0.321. The third-order valence-corrected chi connectivity index (χ3v) is 3.77. The van der Waals surface area contributed by atoms with Crippen LogP contribution in [0, 0.1) is 13.8 Å². The van der Waals surface area contributed by atoms with E-state index in [9.17, 15) is 4.79 Å². The van der Waals surface area contributed by atoms with Crippen molar-refractivity contribution in [1.82, 2.24) is 19.9 Å². The Morgan fingerprint density at radius 2 is 2.04 bits per heavy atom. The molecule has 3 heterocycles. The number of rotatable bonds is 4. The van der Waals surface area contributed by atoms with Gasteiger partial charge in [-0.15, -0.1) is 11.3 Å². The molecule has 1 amide bonds. The number of hydrogen-bond acceptors (Lipinski definition) is 7. The summed E-state index contributed by atoms with van der Waals surface area (Å²) in [4.78, 5) is 29.0. The average molecular weight is 326 g/mol. The lowest BCUT2D eigenvalue weighted by atomic mass is 10.3. The number of aryl methyl sites for hydroxylation is 2. The number of nitrogens with one attached hydrogen (secondary N) is 2. The standard InChI is InChI=1S/C15H14N6OS/c1-9-17-7-5-12(18-9)21-14(22)13-15(23-10(2)19-13)20-11-4-3-6-16-8-11/h3-8,20H,1-2H3,(H,17,18,21,22). The zero-order chi connectivity index (χ0) is 16.2. The van der Waals surface area contributed by atoms with Gasteiger partial charge in [-0.05, 0) is 32.0 Å². The Labute approximate surface area is 136 Å². The van der Waals surface area contributed by atoms with Crippen LogP contribution in [0.3, 0.4) is 0 Å². The molecule has 0 fully saturated rings. The van der Waals surface area contributed by atoms with Crippen LogP contribution in [0.5, 0.6) is 0 Å². The van der Waals surface area contributed by atoms with E-state index < -0.39 is 0 Å². The van der Waals surface area contributed by atoms with Gasteiger partial charge in [-0.3, -0.25) is 9.78 Å². The van der Waals surface area contributed by atoms with Crippen molar-refractivity contribution in [2.75, 3.05) is 10.6 Å². The highest BCUT2D eigenvalue weighted by atomic mass is 32.1. The van der Waals surface area contributed by atoms with Gasteiger partial charge in [-0.25, -0.2) is 15.0 Å². The molecule has 23 heavy (non-hydrogen) atoms. The Bertz CT molecular complexity index is 833. The third kappa shape index (κ3) is 3.67. The normalized spacial score (nSPS) is 10.3. The zero-order valence-electron chi connectivity index (χ0n) is 12.6. The Balaban J connectivity index is 1.83. The summed E-state index contributed by atoms with van der Waals surface area (Å²) in [5.41, 5.74) is 1.12. The van der Waals surface area contributed by atoms with Crippen molar-refractivity contribution >= 4 is 33.8 Å². The van der Waals surface area contributed by atoms with E-state index in [0.717, 1.165) is 10.7 Å². The van der Waals surface area contributed by atoms with Crippen LogP contribution in [-0.4, -0.2) is 25.8 Å². The van der Waals surface area contributed by atoms with Crippen LogP contribution in [0.25, 0.3) is 0 Å². The summed E-state index contributed by atoms with van der Waals surface area (Å²) in [6, 6.07) is 5.33. The maximum absolute atomic E-state index is 12.5. The van der Waals surface area contributed by atoms with Crippen molar-refractivity contribution in [1.29, 1.82) is 0 Å². The quantitative estimate of drug-likeness (QED) is 0.766. The first kappa shape index (κ1) is 15.0. The van der Waals surface area contributed by atoms with Crippen LogP contribution in [0.4, 0.5) is 16.5 Å². The molecule has 0 aliphatic rings. The number of pyridine rings is 1. The van der Waals surface area contributed by atoms with E-state index in [1.165, 1.54) is 11.3 Å². The molecule has 3 aromatic rings. The van der Waals surface area contributed by atoms with Crippen LogP contribution >= 0.6 is 11.3 Å². The summed E-state index contributed by atoms with van der Waals surface area (Å²) in [5, 5.41) is 7.37. The van der Waals surface area contributed by atoms with Gasteiger partial charge in [-0.2, -0.15) is 0 Å². The summed E-state index contributed by atoms with van der Waals surface area (Å²) in [7, 11) is 0. The Kier molecular flexibility index (Phi) is 4.24. The molecule has 8 heteroatoms. The summed E-state index contributed by atoms with van der Waals surface area (Å²) < 4.78 is 0. The van der Waals surface area contributed by atoms with Gasteiger partial charge in [0.15, 0.2) is 5.69 Å². The molecule has 3 aromatic heterocycles. The van der Waals surface area contributed by atoms with Gasteiger partial charge >= 0.3 is 0 Å². The van der Waals surface area contributed by atoms with Gasteiger partial charge in [0.1, 0.15) is 16.6 Å². The number of hydrogen-bond donors (Lipinski definition) is 2. The van der Waals surface area contributed by atoms with Crippen molar-refractivity contribution in [2.24, 2.45) is 0 Å². The highest BCUT2D eigenvalue weighted by Gasteiger charge is 2.18. The maximum atomic E-state index is 12.5. The fraction of sp³-hybridized carbons (Fsp3) is 0.133. The Hall–Kier alpha value is -2.87. The van der Waals surface area contributed by atoms with Crippen LogP contribution in [0.1, 0.15) is 21.3 Å². The Morgan fingerprint density at radius 3 is 2.78 bits per heavy atom. The predicted octanol–water partition coefficient (Wildman–Crippen LogP) is 2.94. The molecular weight excluding hydrogens is 312 g/mol. The van der Waals surface area contributed by atoms with Gasteiger partial charge in [-0.1, -0.05) is 0 Å². The molecule has 0 atom stereocenters. The second kappa shape index (κ2) is 6.49. The van der Waals surface area contributed by atoms with Gasteiger partial charge < -0.3 is 10.6 Å². The highest BCUT2D eigenvalue weighted by Crippen LogP contribution is 2.28. The fourth-order valence-corrected chi connectivity index (χ4v) is 2.77. The number of amides is 1. The molecule has 3 rings (SSSR count). The van der Waals surface area contributed by atoms with Crippen LogP contribution in [-0.2, 0) is 0 Å². The lowest BCUT2D eigenvalue weighted by Crippen LogP contribution is -2.15. The second-order valence-electron chi connectivity index (χ2n) is 4.72. The van der Waals surface area contributed by atoms with Crippen molar-refractivity contribution < 1.29 is 4.79 Å². The number of carbonyl (C=O) groups excluding carboxylic acids is 1. The minimum Gasteiger partial charge on any atom is -0.344 e. The molecule has 0 saturated carbocycles. The first-order chi connectivity index (χ1) is 11.1. The maximum Gasteiger partial charge on any atom is 0.278 e. The Morgan fingerprint density at radius 1 is 1.17 bits per heavy atom. The van der Waals surface area contributed by atoms with E-state index in [1.54, 1.807) is 31.6 Å². The molecule has 0 spiro atoms. The first-order valence-electron chi connectivity index (χ1n) is 6.87. The van der Waals surface area contributed by atoms with Crippen molar-refractivity contribution in [3.8, 4) is 0 Å². The smallest absolute Gasteiger partial charge is 0.278 e. The zero-order valence-corrected chi connectivity index (χ0v) is 13.4. The van der Waals surface area contributed by atoms with Crippen molar-refractivity contribution in [2.45, 2.75) is 13.8 Å². The van der Waals surface area contributed by atoms with Crippen LogP contribution in [0.15, 0.2) is 36.8 Å². The third-order valence-electron chi connectivity index (χ3n) is 2.89. The largest absolute Gasteiger partial charge is 0.344 e. The summed E-state index contributed by atoms with van der Waals surface area (Å²) >= 11 is 1.41. The van der Waals surface area contributed by atoms with E-state index in [2.05, 4.69) is 30.6 Å². The van der Waals surface area contributed by atoms with E-state index in [4.69, 9.17) is 0 Å². The molecular formula is C15H14N6OS. The summed E-state index contributed by atoms with van der Waals surface area (Å²) in [6.45, 7) is 3.61. The highest BCUT2D eigenvalue weighted by molar-refractivity contribution is 7.16. The number of anilines is 3. The van der Waals surface area contributed by atoms with Crippen molar-refractivity contribution in [3.05, 3.63) is 53.3 Å². The SMILES string of the molecule is Cc1nccc(NC(=O)c2nc(C)sc2Nc2cccnc2)n1. The van der Waals surface area contributed by atoms with Gasteiger partial charge in [0, 0.05) is 12.4 Å².